The molecule has 312 valence electrons. The van der Waals surface area contributed by atoms with Gasteiger partial charge in [0.2, 0.25) is 11.8 Å². The van der Waals surface area contributed by atoms with Gasteiger partial charge < -0.3 is 20.2 Å². The number of carbonyl (C=O) groups excluding carboxylic acids is 4. The van der Waals surface area contributed by atoms with E-state index in [4.69, 9.17) is 0 Å². The van der Waals surface area contributed by atoms with Gasteiger partial charge in [0.15, 0.2) is 5.78 Å². The molecule has 0 spiro atoms. The molecule has 0 bridgehead atoms. The van der Waals surface area contributed by atoms with Crippen LogP contribution in [0.1, 0.15) is 35.1 Å². The fraction of sp³-hybridized carbons (Fsp3) is 0.208. The van der Waals surface area contributed by atoms with Crippen molar-refractivity contribution in [3.8, 4) is 5.75 Å². The fourth-order valence-electron chi connectivity index (χ4n) is 7.34. The Kier molecular flexibility index (Phi) is 15.2. The molecule has 2 amide bonds. The Bertz CT molecular complexity index is 2490. The Morgan fingerprint density at radius 3 is 1.84 bits per heavy atom. The number of carbonyl (C=O) groups is 4. The summed E-state index contributed by atoms with van der Waals surface area (Å²) in [7, 11) is -4.81. The van der Waals surface area contributed by atoms with Crippen LogP contribution in [-0.4, -0.2) is 51.1 Å². The highest BCUT2D eigenvalue weighted by molar-refractivity contribution is 7.46. The van der Waals surface area contributed by atoms with Crippen LogP contribution in [0.4, 0.5) is 5.69 Å². The van der Waals surface area contributed by atoms with Crippen LogP contribution >= 0.6 is 7.82 Å². The Morgan fingerprint density at radius 2 is 1.20 bits per heavy atom. The molecule has 6 aromatic carbocycles. The highest BCUT2D eigenvalue weighted by atomic mass is 31.2. The maximum absolute atomic E-state index is 14.5. The quantitative estimate of drug-likeness (QED) is 0.0415. The van der Waals surface area contributed by atoms with Gasteiger partial charge in [-0.3, -0.25) is 29.0 Å². The largest absolute Gasteiger partial charge is 0.524 e. The van der Waals surface area contributed by atoms with Gasteiger partial charge in [-0.2, -0.15) is 0 Å². The van der Waals surface area contributed by atoms with Crippen LogP contribution in [0.3, 0.4) is 0 Å². The summed E-state index contributed by atoms with van der Waals surface area (Å²) in [6.45, 7) is 0.819. The number of amides is 2. The number of phosphoric acid groups is 1. The molecule has 0 fully saturated rings. The summed E-state index contributed by atoms with van der Waals surface area (Å²) in [6, 6.07) is 43.9. The molecule has 11 nitrogen and oxygen atoms in total. The zero-order valence-electron chi connectivity index (χ0n) is 33.7. The normalized spacial score (nSPS) is 12.8. The van der Waals surface area contributed by atoms with E-state index in [-0.39, 0.29) is 50.1 Å². The van der Waals surface area contributed by atoms with Crippen molar-refractivity contribution in [2.24, 2.45) is 11.8 Å². The topological polar surface area (TPSA) is 179 Å². The highest BCUT2D eigenvalue weighted by Crippen LogP contribution is 2.37. The molecule has 0 aliphatic rings. The molecule has 0 aliphatic carbocycles. The number of nitrogens with one attached hydrogen (secondary N) is 2. The zero-order valence-corrected chi connectivity index (χ0v) is 34.6. The first kappa shape index (κ1) is 44.4. The van der Waals surface area contributed by atoms with Crippen LogP contribution in [0.25, 0.3) is 10.8 Å². The van der Waals surface area contributed by atoms with Crippen molar-refractivity contribution in [3.05, 3.63) is 174 Å². The number of hydrogen-bond donors (Lipinski definition) is 5. The van der Waals surface area contributed by atoms with Gasteiger partial charge >= 0.3 is 14.7 Å². The maximum atomic E-state index is 14.5. The van der Waals surface area contributed by atoms with E-state index < -0.39 is 50.2 Å². The van der Waals surface area contributed by atoms with Crippen LogP contribution in [-0.2, 0) is 49.4 Å². The highest BCUT2D eigenvalue weighted by Gasteiger charge is 2.31. The standard InChI is InChI=1S/C48H48BN2O9P/c1-49(56)41-17-10-18-42(32-41)50-47(54)40(26-35-20-23-44(24-21-35)60-61(57,58)59)31-46(53)45(29-34-13-6-3-7-14-34)51-48(55)39(25-33-11-4-2-5-12-33)30-43(52)28-36-19-22-37-15-8-9-16-38(37)27-36/h2-24,27,32,39-40,45,56H,25-26,28-31H2,1H3,(H,50,54)(H,51,55)(H2,57,58,59). The van der Waals surface area contributed by atoms with Crippen molar-refractivity contribution >= 4 is 60.0 Å². The summed E-state index contributed by atoms with van der Waals surface area (Å²) in [6.07, 6.45) is 0.242. The van der Waals surface area contributed by atoms with E-state index in [2.05, 4.69) is 15.2 Å². The number of Topliss-reactive ketones (excluding diaryl/α,β-unsaturated/α-hetero) is 2. The number of rotatable bonds is 20. The van der Waals surface area contributed by atoms with Crippen LogP contribution in [0.5, 0.6) is 5.75 Å². The number of fused-ring (bicyclic) bond motifs is 1. The first-order chi connectivity index (χ1) is 29.3. The lowest BCUT2D eigenvalue weighted by Crippen LogP contribution is -2.47. The monoisotopic (exact) mass is 838 g/mol. The van der Waals surface area contributed by atoms with Gasteiger partial charge in [-0.25, -0.2) is 4.57 Å². The third-order valence-electron chi connectivity index (χ3n) is 10.5. The Hall–Kier alpha value is -6.17. The third kappa shape index (κ3) is 13.7. The average molecular weight is 839 g/mol. The first-order valence-electron chi connectivity index (χ1n) is 20.1. The van der Waals surface area contributed by atoms with E-state index in [1.807, 2.05) is 103 Å². The summed E-state index contributed by atoms with van der Waals surface area (Å²) >= 11 is 0. The SMILES string of the molecule is CB(O)c1cccc(NC(=O)C(CC(=O)C(Cc2ccccc2)NC(=O)C(CC(=O)Cc2ccc3ccccc3c2)Cc2ccccc2)Cc2ccc(OP(=O)(O)O)cc2)c1. The number of anilines is 1. The average Bonchev–Trinajstić information content (AvgIpc) is 3.23. The smallest absolute Gasteiger partial charge is 0.446 e. The third-order valence-corrected chi connectivity index (χ3v) is 10.9. The van der Waals surface area contributed by atoms with Crippen LogP contribution in [0.2, 0.25) is 6.82 Å². The minimum absolute atomic E-state index is 0.0514. The predicted molar refractivity (Wildman–Crippen MR) is 237 cm³/mol. The molecule has 0 saturated heterocycles. The molecule has 13 heteroatoms. The van der Waals surface area contributed by atoms with Gasteiger partial charge in [0.05, 0.1) is 6.04 Å². The lowest BCUT2D eigenvalue weighted by Gasteiger charge is -2.24. The molecule has 0 heterocycles. The fourth-order valence-corrected chi connectivity index (χ4v) is 7.73. The van der Waals surface area contributed by atoms with E-state index >= 15 is 0 Å². The molecule has 6 rings (SSSR count). The van der Waals surface area contributed by atoms with Gasteiger partial charge in [-0.15, -0.1) is 0 Å². The number of hydrogen-bond acceptors (Lipinski definition) is 7. The molecule has 0 saturated carbocycles. The van der Waals surface area contributed by atoms with Crippen molar-refractivity contribution in [2.75, 3.05) is 5.32 Å². The summed E-state index contributed by atoms with van der Waals surface area (Å²) < 4.78 is 16.1. The minimum atomic E-state index is -4.81. The van der Waals surface area contributed by atoms with Gasteiger partial charge in [0.25, 0.3) is 0 Å². The Labute approximate surface area is 355 Å². The summed E-state index contributed by atoms with van der Waals surface area (Å²) in [5, 5.41) is 18.1. The van der Waals surface area contributed by atoms with Gasteiger partial charge in [-0.1, -0.05) is 134 Å². The van der Waals surface area contributed by atoms with Gasteiger partial charge in [0, 0.05) is 36.8 Å². The van der Waals surface area contributed by atoms with E-state index in [9.17, 15) is 38.6 Å². The number of ketones is 2. The summed E-state index contributed by atoms with van der Waals surface area (Å²) in [4.78, 5) is 75.2. The first-order valence-corrected chi connectivity index (χ1v) is 21.6. The van der Waals surface area contributed by atoms with E-state index in [1.54, 1.807) is 43.2 Å². The molecular weight excluding hydrogens is 790 g/mol. The second kappa shape index (κ2) is 20.9. The second-order valence-corrected chi connectivity index (χ2v) is 16.5. The molecule has 61 heavy (non-hydrogen) atoms. The lowest BCUT2D eigenvalue weighted by molar-refractivity contribution is -0.133. The van der Waals surface area contributed by atoms with E-state index in [0.717, 1.165) is 27.5 Å². The van der Waals surface area contributed by atoms with E-state index in [0.29, 0.717) is 16.7 Å². The van der Waals surface area contributed by atoms with E-state index in [1.165, 1.54) is 12.1 Å². The Morgan fingerprint density at radius 1 is 0.623 bits per heavy atom. The van der Waals surface area contributed by atoms with Crippen LogP contribution in [0, 0.1) is 11.8 Å². The van der Waals surface area contributed by atoms with Gasteiger partial charge in [0.1, 0.15) is 11.5 Å². The minimum Gasteiger partial charge on any atom is -0.446 e. The van der Waals surface area contributed by atoms with Crippen LogP contribution < -0.4 is 20.6 Å². The molecule has 0 aliphatic heterocycles. The molecule has 3 unspecified atom stereocenters. The number of benzene rings is 6. The van der Waals surface area contributed by atoms with Crippen molar-refractivity contribution < 1.29 is 43.1 Å². The molecule has 5 N–H and O–H groups in total. The molecule has 3 atom stereocenters. The van der Waals surface area contributed by atoms with Gasteiger partial charge in [-0.05, 0) is 82.0 Å². The Balaban J connectivity index is 1.25. The molecule has 0 aromatic heterocycles. The molecule has 6 aromatic rings. The van der Waals surface area contributed by atoms with Crippen molar-refractivity contribution in [1.82, 2.24) is 5.32 Å². The zero-order chi connectivity index (χ0) is 43.4. The predicted octanol–water partition coefficient (Wildman–Crippen LogP) is 6.68. The molecule has 0 radical (unpaired) electrons. The maximum Gasteiger partial charge on any atom is 0.524 e. The molecular formula is C48H48BN2O9P. The van der Waals surface area contributed by atoms with Crippen molar-refractivity contribution in [1.29, 1.82) is 0 Å². The summed E-state index contributed by atoms with van der Waals surface area (Å²) in [5.41, 5.74) is 4.06. The summed E-state index contributed by atoms with van der Waals surface area (Å²) in [5.74, 6) is -3.30. The van der Waals surface area contributed by atoms with Crippen molar-refractivity contribution in [2.45, 2.75) is 51.4 Å². The lowest BCUT2D eigenvalue weighted by atomic mass is 9.64. The van der Waals surface area contributed by atoms with Crippen LogP contribution in [0.15, 0.2) is 152 Å². The van der Waals surface area contributed by atoms with Crippen molar-refractivity contribution in [3.63, 3.8) is 0 Å². The second-order valence-electron chi connectivity index (χ2n) is 15.3. The number of phosphoric ester groups is 1.